The van der Waals surface area contributed by atoms with Crippen LogP contribution < -0.4 is 24.6 Å². The van der Waals surface area contributed by atoms with E-state index >= 15 is 0 Å². The third-order valence-electron chi connectivity index (χ3n) is 13.0. The molecule has 0 saturated carbocycles. The highest BCUT2D eigenvalue weighted by molar-refractivity contribution is 9.10. The van der Waals surface area contributed by atoms with Crippen molar-refractivity contribution in [2.75, 3.05) is 63.3 Å². The first-order valence-electron chi connectivity index (χ1n) is 21.6. The van der Waals surface area contributed by atoms with Crippen LogP contribution in [0, 0.1) is 36.5 Å². The Kier molecular flexibility index (Phi) is 14.1. The highest BCUT2D eigenvalue weighted by Crippen LogP contribution is 2.49. The Bertz CT molecular complexity index is 2310. The number of aryl methyl sites for hydroxylation is 2. The third kappa shape index (κ3) is 10.3. The minimum Gasteiger partial charge on any atom is -0.497 e. The summed E-state index contributed by atoms with van der Waals surface area (Å²) in [5.74, 6) is 2.37. The SMILES string of the molecule is COc1cccc(CC2C(=O)N(c3ncc(Br)c(C)n3)CC23CCN(C(=O)OC(C)(C)C)CC3)c1.COc1cccc(CC2C(=O)N(c3ncc(Br)c(C)n3)CC23CCNCC3)c1. The summed E-state index contributed by atoms with van der Waals surface area (Å²) in [6.45, 7) is 13.6. The number of anilines is 2. The molecule has 3 amide bonds. The summed E-state index contributed by atoms with van der Waals surface area (Å²) < 4.78 is 18.0. The molecule has 2 unspecified atom stereocenters. The molecule has 63 heavy (non-hydrogen) atoms. The smallest absolute Gasteiger partial charge is 0.410 e. The summed E-state index contributed by atoms with van der Waals surface area (Å²) in [5, 5.41) is 3.44. The van der Waals surface area contributed by atoms with Crippen molar-refractivity contribution < 1.29 is 28.6 Å². The van der Waals surface area contributed by atoms with Crippen molar-refractivity contribution in [1.29, 1.82) is 0 Å². The zero-order valence-electron chi connectivity index (χ0n) is 37.2. The van der Waals surface area contributed by atoms with Gasteiger partial charge in [-0.2, -0.15) is 0 Å². The maximum atomic E-state index is 13.8. The van der Waals surface area contributed by atoms with Crippen molar-refractivity contribution in [2.45, 2.75) is 78.7 Å². The highest BCUT2D eigenvalue weighted by Gasteiger charge is 2.55. The van der Waals surface area contributed by atoms with Crippen molar-refractivity contribution in [3.63, 3.8) is 0 Å². The number of carbonyl (C=O) groups excluding carboxylic acids is 3. The predicted molar refractivity (Wildman–Crippen MR) is 248 cm³/mol. The van der Waals surface area contributed by atoms with Crippen molar-refractivity contribution in [2.24, 2.45) is 22.7 Å². The van der Waals surface area contributed by atoms with Gasteiger partial charge >= 0.3 is 6.09 Å². The fourth-order valence-corrected chi connectivity index (χ4v) is 9.84. The van der Waals surface area contributed by atoms with Gasteiger partial charge in [0.05, 0.1) is 46.4 Å². The van der Waals surface area contributed by atoms with Crippen molar-refractivity contribution in [3.05, 3.63) is 92.4 Å². The molecule has 0 aliphatic carbocycles. The topological polar surface area (TPSA) is 152 Å². The van der Waals surface area contributed by atoms with Crippen LogP contribution in [0.2, 0.25) is 0 Å². The predicted octanol–water partition coefficient (Wildman–Crippen LogP) is 7.91. The number of halogens is 2. The summed E-state index contributed by atoms with van der Waals surface area (Å²) in [7, 11) is 3.31. The minimum atomic E-state index is -0.544. The lowest BCUT2D eigenvalue weighted by Crippen LogP contribution is -2.48. The molecule has 4 fully saturated rings. The molecule has 6 heterocycles. The van der Waals surface area contributed by atoms with E-state index in [1.54, 1.807) is 41.3 Å². The van der Waals surface area contributed by atoms with E-state index in [0.717, 1.165) is 68.9 Å². The number of piperidine rings is 2. The zero-order valence-corrected chi connectivity index (χ0v) is 40.4. The number of nitrogens with one attached hydrogen (secondary N) is 1. The molecular weight excluding hydrogens is 932 g/mol. The van der Waals surface area contributed by atoms with E-state index < -0.39 is 5.60 Å². The van der Waals surface area contributed by atoms with E-state index in [-0.39, 0.29) is 40.6 Å². The molecule has 14 nitrogen and oxygen atoms in total. The molecule has 4 saturated heterocycles. The van der Waals surface area contributed by atoms with Crippen LogP contribution >= 0.6 is 31.9 Å². The third-order valence-corrected chi connectivity index (χ3v) is 14.6. The van der Waals surface area contributed by atoms with Gasteiger partial charge in [0.2, 0.25) is 23.7 Å². The van der Waals surface area contributed by atoms with Crippen LogP contribution in [0.1, 0.15) is 69.0 Å². The number of hydrogen-bond donors (Lipinski definition) is 1. The number of nitrogens with zero attached hydrogens (tertiary/aromatic N) is 7. The van der Waals surface area contributed by atoms with Gasteiger partial charge in [-0.05, 0) is 153 Å². The number of amides is 3. The van der Waals surface area contributed by atoms with Gasteiger partial charge in [-0.3, -0.25) is 19.4 Å². The molecule has 336 valence electrons. The van der Waals surface area contributed by atoms with Gasteiger partial charge in [-0.15, -0.1) is 0 Å². The van der Waals surface area contributed by atoms with Crippen LogP contribution in [0.15, 0.2) is 69.9 Å². The number of hydrogen-bond acceptors (Lipinski definition) is 11. The number of carbonyl (C=O) groups is 3. The summed E-state index contributed by atoms with van der Waals surface area (Å²) in [5.41, 5.74) is 2.93. The Morgan fingerprint density at radius 1 is 0.746 bits per heavy atom. The molecule has 2 aromatic carbocycles. The monoisotopic (exact) mass is 988 g/mol. The van der Waals surface area contributed by atoms with E-state index in [1.807, 2.05) is 77.1 Å². The minimum absolute atomic E-state index is 0.0280. The zero-order chi connectivity index (χ0) is 45.1. The van der Waals surface area contributed by atoms with Crippen LogP contribution in [0.5, 0.6) is 11.5 Å². The summed E-state index contributed by atoms with van der Waals surface area (Å²) in [4.78, 5) is 63.3. The van der Waals surface area contributed by atoms with E-state index in [0.29, 0.717) is 63.8 Å². The maximum absolute atomic E-state index is 13.8. The van der Waals surface area contributed by atoms with Gasteiger partial charge in [0.25, 0.3) is 0 Å². The van der Waals surface area contributed by atoms with E-state index in [2.05, 4.69) is 63.2 Å². The van der Waals surface area contributed by atoms with E-state index in [1.165, 1.54) is 0 Å². The molecule has 0 radical (unpaired) electrons. The van der Waals surface area contributed by atoms with Gasteiger partial charge in [0.1, 0.15) is 17.1 Å². The summed E-state index contributed by atoms with van der Waals surface area (Å²) in [6.07, 6.45) is 7.81. The van der Waals surface area contributed by atoms with Gasteiger partial charge in [-0.25, -0.2) is 24.7 Å². The summed E-state index contributed by atoms with van der Waals surface area (Å²) in [6, 6.07) is 15.9. The molecule has 16 heteroatoms. The fraction of sp³-hybridized carbons (Fsp3) is 0.511. The van der Waals surface area contributed by atoms with Gasteiger partial charge in [0, 0.05) is 49.4 Å². The van der Waals surface area contributed by atoms with Gasteiger partial charge < -0.3 is 24.4 Å². The second kappa shape index (κ2) is 19.2. The maximum Gasteiger partial charge on any atom is 0.410 e. The molecule has 4 aromatic rings. The second-order valence-corrected chi connectivity index (χ2v) is 19.9. The van der Waals surface area contributed by atoms with Crippen molar-refractivity contribution in [3.8, 4) is 11.5 Å². The molecular formula is C47H58Br2N8O6. The number of methoxy groups -OCH3 is 2. The largest absolute Gasteiger partial charge is 0.497 e. The molecule has 1 N–H and O–H groups in total. The Hall–Kier alpha value is -4.67. The van der Waals surface area contributed by atoms with Gasteiger partial charge in [0.15, 0.2) is 0 Å². The molecule has 0 bridgehead atoms. The van der Waals surface area contributed by atoms with E-state index in [9.17, 15) is 14.4 Å². The van der Waals surface area contributed by atoms with Crippen LogP contribution in [0.3, 0.4) is 0 Å². The molecule has 4 aliphatic heterocycles. The van der Waals surface area contributed by atoms with Gasteiger partial charge in [-0.1, -0.05) is 24.3 Å². The van der Waals surface area contributed by atoms with Crippen LogP contribution in [-0.4, -0.2) is 102 Å². The van der Waals surface area contributed by atoms with Crippen molar-refractivity contribution >= 4 is 61.7 Å². The molecule has 2 atom stereocenters. The lowest BCUT2D eigenvalue weighted by atomic mass is 9.68. The normalized spacial score (nSPS) is 20.5. The standard InChI is InChI=1S/C26H33BrN4O4.C21H25BrN4O2/c1-17-21(27)15-28-23(29-17)31-16-26(9-11-30(12-10-26)24(33)35-25(2,3)4)20(22(31)32)14-18-7-6-8-19(13-18)34-5;1-14-18(22)12-24-20(25-14)26-13-21(6-8-23-9-7-21)17(19(26)27)11-15-4-3-5-16(10-15)28-2/h6-8,13,15,20H,9-12,14,16H2,1-5H3;3-5,10,12,17,23H,6-9,11,13H2,1-2H3. The fourth-order valence-electron chi connectivity index (χ4n) is 9.46. The quantitative estimate of drug-likeness (QED) is 0.183. The summed E-state index contributed by atoms with van der Waals surface area (Å²) >= 11 is 6.89. The number of rotatable bonds is 8. The lowest BCUT2D eigenvalue weighted by molar-refractivity contribution is -0.123. The number of likely N-dealkylation sites (tertiary alicyclic amines) is 1. The first-order valence-corrected chi connectivity index (χ1v) is 23.2. The highest BCUT2D eigenvalue weighted by atomic mass is 79.9. The number of aromatic nitrogens is 4. The van der Waals surface area contributed by atoms with Crippen LogP contribution in [0.25, 0.3) is 0 Å². The average molecular weight is 991 g/mol. The molecule has 2 spiro atoms. The van der Waals surface area contributed by atoms with E-state index in [4.69, 9.17) is 14.2 Å². The number of benzene rings is 2. The Balaban J connectivity index is 0.000000193. The first-order chi connectivity index (χ1) is 30.0. The molecule has 2 aromatic heterocycles. The molecule has 4 aliphatic rings. The first kappa shape index (κ1) is 46.3. The lowest BCUT2D eigenvalue weighted by Gasteiger charge is -2.42. The van der Waals surface area contributed by atoms with Crippen molar-refractivity contribution in [1.82, 2.24) is 30.2 Å². The second-order valence-electron chi connectivity index (χ2n) is 18.2. The van der Waals surface area contributed by atoms with Crippen LogP contribution in [-0.2, 0) is 27.2 Å². The Morgan fingerprint density at radius 3 is 1.60 bits per heavy atom. The Labute approximate surface area is 387 Å². The Morgan fingerprint density at radius 2 is 1.19 bits per heavy atom. The van der Waals surface area contributed by atoms with Crippen LogP contribution in [0.4, 0.5) is 16.7 Å². The molecule has 8 rings (SSSR count). The average Bonchev–Trinajstić information content (AvgIpc) is 3.67. The number of ether oxygens (including phenoxy) is 3.